The molecule has 1 N–H and O–H groups in total. The number of carbonyl (C=O) groups is 1. The summed E-state index contributed by atoms with van der Waals surface area (Å²) in [6.07, 6.45) is 0. The predicted molar refractivity (Wildman–Crippen MR) is 97.5 cm³/mol. The van der Waals surface area contributed by atoms with Gasteiger partial charge in [0.15, 0.2) is 0 Å². The van der Waals surface area contributed by atoms with Crippen molar-refractivity contribution in [1.82, 2.24) is 10.2 Å². The second kappa shape index (κ2) is 9.18. The average Bonchev–Trinajstić information content (AvgIpc) is 2.58. The van der Waals surface area contributed by atoms with Crippen LogP contribution in [0.1, 0.15) is 19.4 Å². The van der Waals surface area contributed by atoms with Gasteiger partial charge in [0.1, 0.15) is 12.4 Å². The molecular weight excluding hydrogens is 324 g/mol. The summed E-state index contributed by atoms with van der Waals surface area (Å²) in [5.74, 6) is 0.624. The van der Waals surface area contributed by atoms with E-state index >= 15 is 0 Å². The highest BCUT2D eigenvalue weighted by atomic mass is 35.5. The fourth-order valence-corrected chi connectivity index (χ4v) is 2.44. The van der Waals surface area contributed by atoms with E-state index in [0.29, 0.717) is 30.5 Å². The Morgan fingerprint density at radius 1 is 1.12 bits per heavy atom. The number of nitrogens with one attached hydrogen (secondary N) is 1. The molecule has 0 aromatic heterocycles. The van der Waals surface area contributed by atoms with E-state index in [4.69, 9.17) is 16.3 Å². The number of hydrogen-bond donors (Lipinski definition) is 1. The first-order valence-corrected chi connectivity index (χ1v) is 8.41. The Kier molecular flexibility index (Phi) is 6.94. The molecule has 0 bridgehead atoms. The molecule has 0 spiro atoms. The van der Waals surface area contributed by atoms with Crippen molar-refractivity contribution < 1.29 is 9.53 Å². The van der Waals surface area contributed by atoms with Crippen molar-refractivity contribution in [1.29, 1.82) is 0 Å². The molecule has 0 saturated carbocycles. The monoisotopic (exact) mass is 346 g/mol. The van der Waals surface area contributed by atoms with Crippen LogP contribution in [-0.2, 0) is 6.54 Å². The maximum atomic E-state index is 12.4. The topological polar surface area (TPSA) is 41.6 Å². The lowest BCUT2D eigenvalue weighted by molar-refractivity contribution is 0.177. The number of amides is 2. The smallest absolute Gasteiger partial charge is 0.318 e. The molecule has 0 radical (unpaired) electrons. The zero-order valence-electron chi connectivity index (χ0n) is 14.0. The second-order valence-electron chi connectivity index (χ2n) is 5.72. The van der Waals surface area contributed by atoms with Gasteiger partial charge in [0.25, 0.3) is 0 Å². The summed E-state index contributed by atoms with van der Waals surface area (Å²) in [7, 11) is 0. The van der Waals surface area contributed by atoms with Gasteiger partial charge >= 0.3 is 6.03 Å². The van der Waals surface area contributed by atoms with Gasteiger partial charge in [-0.1, -0.05) is 54.1 Å². The van der Waals surface area contributed by atoms with Crippen LogP contribution in [0.4, 0.5) is 4.79 Å². The maximum Gasteiger partial charge on any atom is 0.318 e. The van der Waals surface area contributed by atoms with Crippen LogP contribution in [0.3, 0.4) is 0 Å². The number of ether oxygens (including phenoxy) is 1. The summed E-state index contributed by atoms with van der Waals surface area (Å²) in [4.78, 5) is 14.2. The third kappa shape index (κ3) is 5.46. The normalized spacial score (nSPS) is 10.5. The molecule has 0 heterocycles. The van der Waals surface area contributed by atoms with E-state index in [1.54, 1.807) is 17.0 Å². The Bertz CT molecular complexity index is 647. The van der Waals surface area contributed by atoms with E-state index < -0.39 is 0 Å². The molecule has 2 aromatic rings. The van der Waals surface area contributed by atoms with E-state index in [1.165, 1.54) is 0 Å². The fourth-order valence-electron chi connectivity index (χ4n) is 2.25. The van der Waals surface area contributed by atoms with Crippen LogP contribution in [0.2, 0.25) is 5.02 Å². The minimum Gasteiger partial charge on any atom is -0.490 e. The van der Waals surface area contributed by atoms with Gasteiger partial charge in [0.05, 0.1) is 11.6 Å². The third-order valence-electron chi connectivity index (χ3n) is 3.55. The van der Waals surface area contributed by atoms with Gasteiger partial charge in [-0.05, 0) is 31.5 Å². The minimum absolute atomic E-state index is 0.100. The van der Waals surface area contributed by atoms with E-state index in [-0.39, 0.29) is 12.1 Å². The summed E-state index contributed by atoms with van der Waals surface area (Å²) in [6, 6.07) is 17.2. The molecule has 24 heavy (non-hydrogen) atoms. The first-order valence-electron chi connectivity index (χ1n) is 8.03. The summed E-state index contributed by atoms with van der Waals surface area (Å²) in [5, 5.41) is 3.46. The highest BCUT2D eigenvalue weighted by molar-refractivity contribution is 6.32. The van der Waals surface area contributed by atoms with Gasteiger partial charge in [0.2, 0.25) is 0 Å². The van der Waals surface area contributed by atoms with Gasteiger partial charge in [-0.25, -0.2) is 4.79 Å². The number of nitrogens with zero attached hydrogens (tertiary/aromatic N) is 1. The first kappa shape index (κ1) is 18.1. The van der Waals surface area contributed by atoms with Gasteiger partial charge in [-0.3, -0.25) is 0 Å². The first-order chi connectivity index (χ1) is 11.6. The Balaban J connectivity index is 1.81. The zero-order valence-corrected chi connectivity index (χ0v) is 14.8. The average molecular weight is 347 g/mol. The van der Waals surface area contributed by atoms with Gasteiger partial charge in [-0.2, -0.15) is 0 Å². The Hall–Kier alpha value is -2.20. The molecule has 2 amide bonds. The molecule has 0 aliphatic rings. The molecular formula is C19H23ClN2O2. The lowest BCUT2D eigenvalue weighted by Gasteiger charge is -2.27. The van der Waals surface area contributed by atoms with Crippen LogP contribution in [0.5, 0.6) is 5.75 Å². The van der Waals surface area contributed by atoms with Crippen LogP contribution in [0.15, 0.2) is 54.6 Å². The Labute approximate surface area is 148 Å². The van der Waals surface area contributed by atoms with Gasteiger partial charge in [-0.15, -0.1) is 0 Å². The number of halogens is 1. The van der Waals surface area contributed by atoms with E-state index in [2.05, 4.69) is 5.32 Å². The number of hydrogen-bond acceptors (Lipinski definition) is 2. The Morgan fingerprint density at radius 2 is 1.79 bits per heavy atom. The van der Waals surface area contributed by atoms with Crippen LogP contribution in [0.25, 0.3) is 0 Å². The van der Waals surface area contributed by atoms with Crippen molar-refractivity contribution in [2.75, 3.05) is 13.2 Å². The largest absolute Gasteiger partial charge is 0.490 e. The molecule has 5 heteroatoms. The predicted octanol–water partition coefficient (Wildman–Crippen LogP) is 4.34. The Morgan fingerprint density at radius 3 is 2.46 bits per heavy atom. The van der Waals surface area contributed by atoms with Crippen molar-refractivity contribution in [3.63, 3.8) is 0 Å². The van der Waals surface area contributed by atoms with Gasteiger partial charge in [0, 0.05) is 12.6 Å². The quantitative estimate of drug-likeness (QED) is 0.758. The van der Waals surface area contributed by atoms with Crippen molar-refractivity contribution in [2.45, 2.75) is 26.4 Å². The van der Waals surface area contributed by atoms with E-state index in [1.807, 2.05) is 56.3 Å². The molecule has 4 nitrogen and oxygen atoms in total. The SMILES string of the molecule is CC(C)N(Cc1ccccc1)C(=O)NCCOc1ccccc1Cl. The highest BCUT2D eigenvalue weighted by Crippen LogP contribution is 2.22. The third-order valence-corrected chi connectivity index (χ3v) is 3.86. The number of para-hydroxylation sites is 1. The van der Waals surface area contributed by atoms with Crippen LogP contribution in [0, 0.1) is 0 Å². The summed E-state index contributed by atoms with van der Waals surface area (Å²) in [5.41, 5.74) is 1.11. The molecule has 0 unspecified atom stereocenters. The standard InChI is InChI=1S/C19H23ClN2O2/c1-15(2)22(14-16-8-4-3-5-9-16)19(23)21-12-13-24-18-11-7-6-10-17(18)20/h3-11,15H,12-14H2,1-2H3,(H,21,23). The fraction of sp³-hybridized carbons (Fsp3) is 0.316. The number of rotatable bonds is 7. The summed E-state index contributed by atoms with van der Waals surface area (Å²) < 4.78 is 5.58. The summed E-state index contributed by atoms with van der Waals surface area (Å²) >= 11 is 6.03. The van der Waals surface area contributed by atoms with Gasteiger partial charge < -0.3 is 15.0 Å². The molecule has 0 fully saturated rings. The molecule has 2 rings (SSSR count). The molecule has 128 valence electrons. The number of urea groups is 1. The lowest BCUT2D eigenvalue weighted by Crippen LogP contribution is -2.44. The molecule has 2 aromatic carbocycles. The van der Waals surface area contributed by atoms with Crippen LogP contribution >= 0.6 is 11.6 Å². The van der Waals surface area contributed by atoms with Crippen LogP contribution < -0.4 is 10.1 Å². The minimum atomic E-state index is -0.100. The molecule has 0 saturated heterocycles. The highest BCUT2D eigenvalue weighted by Gasteiger charge is 2.16. The molecule has 0 atom stereocenters. The molecule has 0 aliphatic carbocycles. The zero-order chi connectivity index (χ0) is 17.4. The number of benzene rings is 2. The number of carbonyl (C=O) groups excluding carboxylic acids is 1. The molecule has 0 aliphatic heterocycles. The van der Waals surface area contributed by atoms with Crippen molar-refractivity contribution in [3.8, 4) is 5.75 Å². The second-order valence-corrected chi connectivity index (χ2v) is 6.13. The maximum absolute atomic E-state index is 12.4. The van der Waals surface area contributed by atoms with Crippen molar-refractivity contribution in [2.24, 2.45) is 0 Å². The van der Waals surface area contributed by atoms with Crippen molar-refractivity contribution >= 4 is 17.6 Å². The van der Waals surface area contributed by atoms with Crippen LogP contribution in [-0.4, -0.2) is 30.1 Å². The van der Waals surface area contributed by atoms with E-state index in [0.717, 1.165) is 5.56 Å². The van der Waals surface area contributed by atoms with Crippen molar-refractivity contribution in [3.05, 3.63) is 65.2 Å². The summed E-state index contributed by atoms with van der Waals surface area (Å²) in [6.45, 7) is 5.37. The van der Waals surface area contributed by atoms with E-state index in [9.17, 15) is 4.79 Å². The lowest BCUT2D eigenvalue weighted by atomic mass is 10.2.